The zero-order valence-corrected chi connectivity index (χ0v) is 13.4. The number of nitrogens with one attached hydrogen (secondary N) is 1. The van der Waals surface area contributed by atoms with Gasteiger partial charge in [0.2, 0.25) is 0 Å². The number of urea groups is 1. The summed E-state index contributed by atoms with van der Waals surface area (Å²) in [4.78, 5) is 12.7. The monoisotopic (exact) mass is 360 g/mol. The molecule has 0 saturated carbocycles. The first-order chi connectivity index (χ1) is 11.0. The molecule has 0 atom stereocenters. The zero-order valence-electron chi connectivity index (χ0n) is 11.7. The molecular formula is C13H14F2N4O2S2. The van der Waals surface area contributed by atoms with Crippen LogP contribution in [0, 0.1) is 0 Å². The van der Waals surface area contributed by atoms with E-state index in [1.807, 2.05) is 22.9 Å². The van der Waals surface area contributed by atoms with E-state index in [-0.39, 0.29) is 22.9 Å². The van der Waals surface area contributed by atoms with Gasteiger partial charge in [0.1, 0.15) is 12.3 Å². The highest BCUT2D eigenvalue weighted by Crippen LogP contribution is 2.40. The molecule has 2 amide bonds. The minimum absolute atomic E-state index is 0.0947. The van der Waals surface area contributed by atoms with E-state index in [4.69, 9.17) is 16.4 Å². The summed E-state index contributed by atoms with van der Waals surface area (Å²) < 4.78 is 31.1. The van der Waals surface area contributed by atoms with E-state index in [0.29, 0.717) is 16.8 Å². The molecular weight excluding hydrogens is 346 g/mol. The van der Waals surface area contributed by atoms with Gasteiger partial charge >= 0.3 is 6.03 Å². The molecule has 2 rings (SSSR count). The van der Waals surface area contributed by atoms with Gasteiger partial charge in [0.25, 0.3) is 5.76 Å². The van der Waals surface area contributed by atoms with Crippen LogP contribution >= 0.6 is 23.1 Å². The van der Waals surface area contributed by atoms with E-state index in [1.54, 1.807) is 0 Å². The van der Waals surface area contributed by atoms with Crippen molar-refractivity contribution in [2.24, 2.45) is 11.7 Å². The lowest BCUT2D eigenvalue weighted by atomic mass is 10.3. The van der Waals surface area contributed by atoms with Crippen molar-refractivity contribution < 1.29 is 18.3 Å². The second-order valence-electron chi connectivity index (χ2n) is 4.17. The van der Waals surface area contributed by atoms with E-state index in [9.17, 15) is 13.6 Å². The van der Waals surface area contributed by atoms with Gasteiger partial charge in [-0.3, -0.25) is 5.43 Å². The van der Waals surface area contributed by atoms with Crippen molar-refractivity contribution in [3.8, 4) is 5.75 Å². The van der Waals surface area contributed by atoms with Crippen LogP contribution in [0.15, 0.2) is 40.6 Å². The SMILES string of the molecule is NNC(=O)N(N)c1cccc(SC(F)F)c1OCc1cccs1. The second kappa shape index (κ2) is 8.11. The van der Waals surface area contributed by atoms with Crippen LogP contribution in [0.25, 0.3) is 0 Å². The van der Waals surface area contributed by atoms with Crippen LogP contribution in [0.1, 0.15) is 4.88 Å². The molecule has 0 bridgehead atoms. The molecule has 1 heterocycles. The Morgan fingerprint density at radius 2 is 2.17 bits per heavy atom. The highest BCUT2D eigenvalue weighted by atomic mass is 32.2. The maximum atomic E-state index is 12.7. The van der Waals surface area contributed by atoms with Crippen LogP contribution in [-0.4, -0.2) is 11.8 Å². The number of ether oxygens (including phenoxy) is 1. The number of nitrogens with two attached hydrogens (primary N) is 2. The van der Waals surface area contributed by atoms with Gasteiger partial charge in [0.05, 0.1) is 4.90 Å². The fraction of sp³-hybridized carbons (Fsp3) is 0.154. The number of thioether (sulfide) groups is 1. The van der Waals surface area contributed by atoms with E-state index < -0.39 is 11.8 Å². The number of nitrogens with zero attached hydrogens (tertiary/aromatic N) is 1. The minimum atomic E-state index is -2.64. The van der Waals surface area contributed by atoms with Crippen molar-refractivity contribution in [3.63, 3.8) is 0 Å². The number of hydrogen-bond donors (Lipinski definition) is 3. The molecule has 0 spiro atoms. The lowest BCUT2D eigenvalue weighted by Crippen LogP contribution is -2.47. The number of carbonyl (C=O) groups is 1. The number of thiophene rings is 1. The van der Waals surface area contributed by atoms with Gasteiger partial charge in [0, 0.05) is 4.88 Å². The lowest BCUT2D eigenvalue weighted by molar-refractivity contribution is 0.246. The molecule has 0 unspecified atom stereocenters. The standard InChI is InChI=1S/C13H14F2N4O2S2/c14-12(15)23-10-5-1-4-9(19(17)13(20)18-16)11(10)21-7-8-3-2-6-22-8/h1-6,12H,7,16-17H2,(H,18,20). The van der Waals surface area contributed by atoms with Crippen molar-refractivity contribution in [3.05, 3.63) is 40.6 Å². The molecule has 124 valence electrons. The summed E-state index contributed by atoms with van der Waals surface area (Å²) in [6.45, 7) is 0.170. The lowest BCUT2D eigenvalue weighted by Gasteiger charge is -2.21. The minimum Gasteiger partial charge on any atom is -0.485 e. The fourth-order valence-corrected chi connectivity index (χ4v) is 2.98. The van der Waals surface area contributed by atoms with Gasteiger partial charge < -0.3 is 4.74 Å². The Hall–Kier alpha value is -1.88. The second-order valence-corrected chi connectivity index (χ2v) is 6.23. The first-order valence-electron chi connectivity index (χ1n) is 6.31. The zero-order chi connectivity index (χ0) is 16.8. The number of carbonyl (C=O) groups excluding carboxylic acids is 1. The number of halogens is 2. The van der Waals surface area contributed by atoms with Gasteiger partial charge in [0.15, 0.2) is 5.75 Å². The third-order valence-electron chi connectivity index (χ3n) is 2.71. The van der Waals surface area contributed by atoms with Crippen molar-refractivity contribution >= 4 is 34.8 Å². The average molecular weight is 360 g/mol. The summed E-state index contributed by atoms with van der Waals surface area (Å²) in [7, 11) is 0. The summed E-state index contributed by atoms with van der Waals surface area (Å²) in [5, 5.41) is 2.58. The molecule has 6 nitrogen and oxygen atoms in total. The summed E-state index contributed by atoms with van der Waals surface area (Å²) in [5.74, 6) is 8.17. The molecule has 23 heavy (non-hydrogen) atoms. The largest absolute Gasteiger partial charge is 0.485 e. The average Bonchev–Trinajstić information content (AvgIpc) is 3.04. The molecule has 0 saturated heterocycles. The van der Waals surface area contributed by atoms with E-state index in [0.717, 1.165) is 4.88 Å². The first-order valence-corrected chi connectivity index (χ1v) is 8.07. The Bertz CT molecular complexity index is 655. The normalized spacial score (nSPS) is 10.7. The number of hydrogen-bond acceptors (Lipinski definition) is 6. The van der Waals surface area contributed by atoms with Crippen molar-refractivity contribution in [1.29, 1.82) is 0 Å². The Morgan fingerprint density at radius 1 is 1.39 bits per heavy atom. The third-order valence-corrected chi connectivity index (χ3v) is 4.32. The molecule has 0 radical (unpaired) electrons. The highest BCUT2D eigenvalue weighted by molar-refractivity contribution is 7.99. The smallest absolute Gasteiger partial charge is 0.350 e. The maximum Gasteiger partial charge on any atom is 0.350 e. The summed E-state index contributed by atoms with van der Waals surface area (Å²) in [6.07, 6.45) is 0. The number of hydrazine groups is 2. The summed E-state index contributed by atoms with van der Waals surface area (Å²) >= 11 is 1.78. The van der Waals surface area contributed by atoms with E-state index >= 15 is 0 Å². The number of para-hydroxylation sites is 1. The van der Waals surface area contributed by atoms with Gasteiger partial charge in [-0.05, 0) is 23.6 Å². The number of rotatable bonds is 6. The van der Waals surface area contributed by atoms with Gasteiger partial charge in [-0.1, -0.05) is 23.9 Å². The van der Waals surface area contributed by atoms with Gasteiger partial charge in [-0.2, -0.15) is 8.78 Å². The quantitative estimate of drug-likeness (QED) is 0.319. The molecule has 1 aromatic heterocycles. The van der Waals surface area contributed by atoms with Crippen LogP contribution in [0.4, 0.5) is 19.3 Å². The van der Waals surface area contributed by atoms with Gasteiger partial charge in [-0.25, -0.2) is 21.5 Å². The molecule has 1 aromatic carbocycles. The first kappa shape index (κ1) is 17.5. The molecule has 5 N–H and O–H groups in total. The number of anilines is 1. The molecule has 2 aromatic rings. The van der Waals surface area contributed by atoms with E-state index in [1.165, 1.54) is 29.5 Å². The Labute approximate surface area is 139 Å². The highest BCUT2D eigenvalue weighted by Gasteiger charge is 2.21. The van der Waals surface area contributed by atoms with E-state index in [2.05, 4.69) is 0 Å². The molecule has 0 aliphatic carbocycles. The summed E-state index contributed by atoms with van der Waals surface area (Å²) in [6, 6.07) is 7.35. The predicted octanol–water partition coefficient (Wildman–Crippen LogP) is 2.91. The predicted molar refractivity (Wildman–Crippen MR) is 86.3 cm³/mol. The van der Waals surface area contributed by atoms with Crippen LogP contribution in [0.2, 0.25) is 0 Å². The van der Waals surface area contributed by atoms with Crippen molar-refractivity contribution in [2.75, 3.05) is 5.01 Å². The number of alkyl halides is 2. The van der Waals surface area contributed by atoms with Crippen LogP contribution in [0.3, 0.4) is 0 Å². The Morgan fingerprint density at radius 3 is 2.78 bits per heavy atom. The maximum absolute atomic E-state index is 12.7. The number of benzene rings is 1. The molecule has 0 aliphatic rings. The van der Waals surface area contributed by atoms with Crippen LogP contribution < -0.4 is 26.9 Å². The number of amides is 2. The molecule has 10 heteroatoms. The van der Waals surface area contributed by atoms with Crippen molar-refractivity contribution in [2.45, 2.75) is 17.3 Å². The molecule has 0 fully saturated rings. The van der Waals surface area contributed by atoms with Crippen LogP contribution in [-0.2, 0) is 6.61 Å². The molecule has 0 aliphatic heterocycles. The fourth-order valence-electron chi connectivity index (χ4n) is 1.74. The topological polar surface area (TPSA) is 93.6 Å². The van der Waals surface area contributed by atoms with Gasteiger partial charge in [-0.15, -0.1) is 11.3 Å². The Balaban J connectivity index is 2.33. The Kier molecular flexibility index (Phi) is 6.16. The van der Waals surface area contributed by atoms with Crippen LogP contribution in [0.5, 0.6) is 5.75 Å². The third kappa shape index (κ3) is 4.55. The summed E-state index contributed by atoms with van der Waals surface area (Å²) in [5.41, 5.74) is 2.01. The van der Waals surface area contributed by atoms with Crippen molar-refractivity contribution in [1.82, 2.24) is 5.43 Å².